The number of hydrogen-bond acceptors (Lipinski definition) is 5. The van der Waals surface area contributed by atoms with Crippen molar-refractivity contribution in [2.45, 2.75) is 31.8 Å². The topological polar surface area (TPSA) is 57.5 Å². The number of nitrogens with zero attached hydrogens (tertiary/aromatic N) is 6. The van der Waals surface area contributed by atoms with Crippen LogP contribution in [0.3, 0.4) is 0 Å². The van der Waals surface area contributed by atoms with Gasteiger partial charge in [-0.1, -0.05) is 42.5 Å². The van der Waals surface area contributed by atoms with Gasteiger partial charge in [-0.25, -0.2) is 0 Å². The minimum Gasteiger partial charge on any atom is -0.369 e. The van der Waals surface area contributed by atoms with Crippen molar-refractivity contribution in [1.82, 2.24) is 24.6 Å². The lowest BCUT2D eigenvalue weighted by atomic mass is 9.96. The molecule has 5 rings (SSSR count). The molecular weight excluding hydrogens is 412 g/mol. The molecule has 0 radical (unpaired) electrons. The summed E-state index contributed by atoms with van der Waals surface area (Å²) in [6.45, 7) is 5.75. The van der Waals surface area contributed by atoms with Crippen LogP contribution in [0.15, 0.2) is 54.6 Å². The first kappa shape index (κ1) is 21.6. The number of carbonyl (C=O) groups excluding carboxylic acids is 1. The monoisotopic (exact) mass is 444 g/mol. The summed E-state index contributed by atoms with van der Waals surface area (Å²) in [6, 6.07) is 18.8. The van der Waals surface area contributed by atoms with Crippen LogP contribution in [0.25, 0.3) is 11.4 Å². The molecule has 2 aromatic carbocycles. The van der Waals surface area contributed by atoms with Crippen LogP contribution in [-0.2, 0) is 17.9 Å². The van der Waals surface area contributed by atoms with Gasteiger partial charge in [0.1, 0.15) is 5.82 Å². The van der Waals surface area contributed by atoms with Crippen LogP contribution < -0.4 is 4.90 Å². The number of carbonyl (C=O) groups is 1. The normalized spacial score (nSPS) is 18.7. The highest BCUT2D eigenvalue weighted by atomic mass is 16.2. The predicted molar refractivity (Wildman–Crippen MR) is 130 cm³/mol. The van der Waals surface area contributed by atoms with E-state index >= 15 is 0 Å². The summed E-state index contributed by atoms with van der Waals surface area (Å²) in [5, 5.41) is 8.89. The number of fused-ring (bicyclic) bond motifs is 1. The number of amides is 1. The third kappa shape index (κ3) is 4.50. The molecule has 1 atom stereocenters. The number of likely N-dealkylation sites (N-methyl/N-ethyl adjacent to an activating group) is 2. The molecule has 0 N–H and O–H groups in total. The molecule has 1 fully saturated rings. The van der Waals surface area contributed by atoms with Gasteiger partial charge in [0.2, 0.25) is 5.91 Å². The smallest absolute Gasteiger partial charge is 0.233 e. The van der Waals surface area contributed by atoms with Crippen molar-refractivity contribution >= 4 is 11.6 Å². The van der Waals surface area contributed by atoms with Gasteiger partial charge in [-0.05, 0) is 37.6 Å². The molecule has 33 heavy (non-hydrogen) atoms. The SMILES string of the molecule is CN1CCN(c2ccc(CN(C)C(=O)C3CCCn4c(-c5ccccc5)nnc43)cc2)CC1. The molecule has 1 amide bonds. The zero-order valence-corrected chi connectivity index (χ0v) is 19.5. The second-order valence-electron chi connectivity index (χ2n) is 9.25. The van der Waals surface area contributed by atoms with E-state index in [1.54, 1.807) is 0 Å². The fourth-order valence-corrected chi connectivity index (χ4v) is 4.91. The Kier molecular flexibility index (Phi) is 6.13. The van der Waals surface area contributed by atoms with E-state index in [-0.39, 0.29) is 11.8 Å². The molecule has 3 aromatic rings. The summed E-state index contributed by atoms with van der Waals surface area (Å²) >= 11 is 0. The van der Waals surface area contributed by atoms with E-state index in [1.165, 1.54) is 5.69 Å². The highest BCUT2D eigenvalue weighted by Gasteiger charge is 2.32. The second-order valence-corrected chi connectivity index (χ2v) is 9.25. The number of hydrogen-bond donors (Lipinski definition) is 0. The zero-order chi connectivity index (χ0) is 22.8. The van der Waals surface area contributed by atoms with E-state index in [4.69, 9.17) is 0 Å². The Balaban J connectivity index is 1.27. The highest BCUT2D eigenvalue weighted by Crippen LogP contribution is 2.31. The van der Waals surface area contributed by atoms with E-state index < -0.39 is 0 Å². The molecule has 0 aliphatic carbocycles. The number of benzene rings is 2. The van der Waals surface area contributed by atoms with Gasteiger partial charge < -0.3 is 19.3 Å². The first-order chi connectivity index (χ1) is 16.1. The van der Waals surface area contributed by atoms with Crippen molar-refractivity contribution in [2.75, 3.05) is 45.2 Å². The minimum atomic E-state index is -0.238. The van der Waals surface area contributed by atoms with E-state index in [0.717, 1.165) is 68.3 Å². The van der Waals surface area contributed by atoms with Crippen molar-refractivity contribution in [1.29, 1.82) is 0 Å². The standard InChI is InChI=1S/C26H32N6O/c1-29-15-17-31(18-16-29)22-12-10-20(11-13-22)19-30(2)26(33)23-9-6-14-32-24(27-28-25(23)32)21-7-4-3-5-8-21/h3-5,7-8,10-13,23H,6,9,14-19H2,1-2H3. The van der Waals surface area contributed by atoms with Crippen molar-refractivity contribution in [3.63, 3.8) is 0 Å². The molecule has 0 saturated carbocycles. The predicted octanol–water partition coefficient (Wildman–Crippen LogP) is 3.23. The Labute approximate surface area is 195 Å². The van der Waals surface area contributed by atoms with Gasteiger partial charge in [-0.15, -0.1) is 10.2 Å². The Hall–Kier alpha value is -3.19. The summed E-state index contributed by atoms with van der Waals surface area (Å²) in [4.78, 5) is 20.0. The van der Waals surface area contributed by atoms with Gasteiger partial charge in [0.15, 0.2) is 5.82 Å². The Morgan fingerprint density at radius 1 is 0.970 bits per heavy atom. The number of rotatable bonds is 5. The summed E-state index contributed by atoms with van der Waals surface area (Å²) in [6.07, 6.45) is 1.77. The van der Waals surface area contributed by atoms with Crippen molar-refractivity contribution in [3.05, 3.63) is 66.0 Å². The Morgan fingerprint density at radius 3 is 2.42 bits per heavy atom. The van der Waals surface area contributed by atoms with Gasteiger partial charge in [-0.3, -0.25) is 4.79 Å². The van der Waals surface area contributed by atoms with Gasteiger partial charge in [0.25, 0.3) is 0 Å². The first-order valence-electron chi connectivity index (χ1n) is 11.9. The summed E-state index contributed by atoms with van der Waals surface area (Å²) in [5.41, 5.74) is 3.44. The Bertz CT molecular complexity index is 1090. The number of anilines is 1. The fraction of sp³-hybridized carbons (Fsp3) is 0.423. The molecule has 172 valence electrons. The molecule has 0 spiro atoms. The summed E-state index contributed by atoms with van der Waals surface area (Å²) in [5.74, 6) is 1.53. The van der Waals surface area contributed by atoms with Crippen LogP contribution in [-0.4, -0.2) is 70.7 Å². The summed E-state index contributed by atoms with van der Waals surface area (Å²) in [7, 11) is 4.06. The maximum absolute atomic E-state index is 13.4. The molecule has 1 saturated heterocycles. The summed E-state index contributed by atoms with van der Waals surface area (Å²) < 4.78 is 2.13. The van der Waals surface area contributed by atoms with Crippen LogP contribution in [0, 0.1) is 0 Å². The van der Waals surface area contributed by atoms with Crippen molar-refractivity contribution in [2.24, 2.45) is 0 Å². The third-order valence-corrected chi connectivity index (χ3v) is 6.90. The average molecular weight is 445 g/mol. The van der Waals surface area contributed by atoms with Gasteiger partial charge >= 0.3 is 0 Å². The van der Waals surface area contributed by atoms with Crippen LogP contribution in [0.1, 0.15) is 30.1 Å². The second kappa shape index (κ2) is 9.35. The van der Waals surface area contributed by atoms with Gasteiger partial charge in [0, 0.05) is 57.6 Å². The third-order valence-electron chi connectivity index (χ3n) is 6.90. The molecule has 7 nitrogen and oxygen atoms in total. The van der Waals surface area contributed by atoms with Crippen LogP contribution in [0.5, 0.6) is 0 Å². The van der Waals surface area contributed by atoms with Gasteiger partial charge in [-0.2, -0.15) is 0 Å². The molecule has 7 heteroatoms. The first-order valence-corrected chi connectivity index (χ1v) is 11.9. The highest BCUT2D eigenvalue weighted by molar-refractivity contribution is 5.83. The molecule has 1 unspecified atom stereocenters. The zero-order valence-electron chi connectivity index (χ0n) is 19.5. The number of piperazine rings is 1. The fourth-order valence-electron chi connectivity index (χ4n) is 4.91. The molecule has 1 aromatic heterocycles. The number of aromatic nitrogens is 3. The molecular formula is C26H32N6O. The van der Waals surface area contributed by atoms with Crippen molar-refractivity contribution in [3.8, 4) is 11.4 Å². The average Bonchev–Trinajstić information content (AvgIpc) is 3.29. The van der Waals surface area contributed by atoms with Crippen molar-refractivity contribution < 1.29 is 4.79 Å². The maximum Gasteiger partial charge on any atom is 0.233 e. The van der Waals surface area contributed by atoms with E-state index in [1.807, 2.05) is 42.3 Å². The lowest BCUT2D eigenvalue weighted by Gasteiger charge is -2.34. The maximum atomic E-state index is 13.4. The van der Waals surface area contributed by atoms with Crippen LogP contribution in [0.2, 0.25) is 0 Å². The lowest BCUT2D eigenvalue weighted by Crippen LogP contribution is -2.44. The van der Waals surface area contributed by atoms with Crippen LogP contribution in [0.4, 0.5) is 5.69 Å². The van der Waals surface area contributed by atoms with E-state index in [0.29, 0.717) is 6.54 Å². The van der Waals surface area contributed by atoms with Gasteiger partial charge in [0.05, 0.1) is 5.92 Å². The van der Waals surface area contributed by atoms with E-state index in [2.05, 4.69) is 55.9 Å². The molecule has 2 aliphatic rings. The van der Waals surface area contributed by atoms with Crippen LogP contribution >= 0.6 is 0 Å². The minimum absolute atomic E-state index is 0.117. The lowest BCUT2D eigenvalue weighted by molar-refractivity contribution is -0.132. The molecule has 0 bridgehead atoms. The van der Waals surface area contributed by atoms with E-state index in [9.17, 15) is 4.79 Å². The largest absolute Gasteiger partial charge is 0.369 e. The molecule has 2 aliphatic heterocycles. The molecule has 3 heterocycles. The quantitative estimate of drug-likeness (QED) is 0.605. The Morgan fingerprint density at radius 2 is 1.70 bits per heavy atom.